The van der Waals surface area contributed by atoms with E-state index in [0.717, 1.165) is 39.9 Å². The average molecular weight is 312 g/mol. The standard InChI is InChI=1S/C13H14ClN3O2S/c1-8-6-9(14)7-10-12(8)15-13-17(10)5-4-16(20-13)3-2-11(18)19/h6-7H,2-5H2,1H3,(H,18,19). The first-order valence-corrected chi connectivity index (χ1v) is 7.51. The largest absolute Gasteiger partial charge is 0.481 e. The molecule has 7 heteroatoms. The molecule has 0 amide bonds. The number of benzene rings is 1. The highest BCUT2D eigenvalue weighted by molar-refractivity contribution is 7.96. The second-order valence-corrected chi connectivity index (χ2v) is 6.30. The van der Waals surface area contributed by atoms with E-state index >= 15 is 0 Å². The smallest absolute Gasteiger partial charge is 0.304 e. The van der Waals surface area contributed by atoms with Gasteiger partial charge in [0.25, 0.3) is 0 Å². The lowest BCUT2D eigenvalue weighted by Gasteiger charge is -2.25. The molecule has 20 heavy (non-hydrogen) atoms. The van der Waals surface area contributed by atoms with E-state index in [4.69, 9.17) is 16.7 Å². The zero-order chi connectivity index (χ0) is 14.3. The lowest BCUT2D eigenvalue weighted by atomic mass is 10.2. The number of hydrogen-bond donors (Lipinski definition) is 1. The molecule has 5 nitrogen and oxygen atoms in total. The third-order valence-corrected chi connectivity index (χ3v) is 4.65. The van der Waals surface area contributed by atoms with Crippen molar-refractivity contribution in [3.63, 3.8) is 0 Å². The summed E-state index contributed by atoms with van der Waals surface area (Å²) >= 11 is 7.63. The summed E-state index contributed by atoms with van der Waals surface area (Å²) in [6.07, 6.45) is 0.151. The van der Waals surface area contributed by atoms with Gasteiger partial charge in [-0.25, -0.2) is 9.29 Å². The van der Waals surface area contributed by atoms with Crippen LogP contribution in [0.2, 0.25) is 5.02 Å². The van der Waals surface area contributed by atoms with Gasteiger partial charge in [-0.2, -0.15) is 0 Å². The summed E-state index contributed by atoms with van der Waals surface area (Å²) in [5, 5.41) is 10.4. The molecule has 0 atom stereocenters. The Labute approximate surface area is 125 Å². The summed E-state index contributed by atoms with van der Waals surface area (Å²) in [5.41, 5.74) is 3.08. The van der Waals surface area contributed by atoms with E-state index in [2.05, 4.69) is 9.55 Å². The maximum atomic E-state index is 10.6. The van der Waals surface area contributed by atoms with Gasteiger partial charge in [0, 0.05) is 24.7 Å². The van der Waals surface area contributed by atoms with Crippen LogP contribution in [0.3, 0.4) is 0 Å². The lowest BCUT2D eigenvalue weighted by molar-refractivity contribution is -0.137. The summed E-state index contributed by atoms with van der Waals surface area (Å²) in [6.45, 7) is 4.14. The Bertz CT molecular complexity index is 686. The average Bonchev–Trinajstić information content (AvgIpc) is 2.75. The number of halogens is 1. The maximum absolute atomic E-state index is 10.6. The summed E-state index contributed by atoms with van der Waals surface area (Å²) in [5.74, 6) is -0.771. The van der Waals surface area contributed by atoms with E-state index in [9.17, 15) is 4.79 Å². The van der Waals surface area contributed by atoms with Crippen molar-refractivity contribution in [1.29, 1.82) is 0 Å². The molecule has 1 aliphatic rings. The Morgan fingerprint density at radius 2 is 2.30 bits per heavy atom. The van der Waals surface area contributed by atoms with E-state index in [1.165, 1.54) is 11.9 Å². The fourth-order valence-electron chi connectivity index (χ4n) is 2.36. The number of aliphatic carboxylic acids is 1. The predicted octanol–water partition coefficient (Wildman–Crippen LogP) is 2.80. The fraction of sp³-hybridized carbons (Fsp3) is 0.385. The van der Waals surface area contributed by atoms with Crippen LogP contribution in [0.5, 0.6) is 0 Å². The highest BCUT2D eigenvalue weighted by Gasteiger charge is 2.22. The molecular formula is C13H14ClN3O2S. The third kappa shape index (κ3) is 2.51. The van der Waals surface area contributed by atoms with Crippen molar-refractivity contribution in [3.8, 4) is 0 Å². The number of hydrogen-bond acceptors (Lipinski definition) is 4. The number of nitrogens with zero attached hydrogens (tertiary/aromatic N) is 3. The van der Waals surface area contributed by atoms with Crippen molar-refractivity contribution in [2.45, 2.75) is 25.0 Å². The van der Waals surface area contributed by atoms with Gasteiger partial charge in [-0.15, -0.1) is 0 Å². The zero-order valence-corrected chi connectivity index (χ0v) is 12.5. The van der Waals surface area contributed by atoms with Crippen molar-refractivity contribution in [2.24, 2.45) is 0 Å². The summed E-state index contributed by atoms with van der Waals surface area (Å²) in [7, 11) is 0. The molecule has 0 saturated carbocycles. The minimum atomic E-state index is -0.771. The molecule has 0 unspecified atom stereocenters. The van der Waals surface area contributed by atoms with Crippen molar-refractivity contribution in [3.05, 3.63) is 22.7 Å². The minimum absolute atomic E-state index is 0.151. The molecule has 0 saturated heterocycles. The van der Waals surface area contributed by atoms with E-state index in [1.54, 1.807) is 0 Å². The van der Waals surface area contributed by atoms with Gasteiger partial charge in [0.2, 0.25) is 0 Å². The molecule has 3 rings (SSSR count). The first-order valence-electron chi connectivity index (χ1n) is 6.35. The van der Waals surface area contributed by atoms with Crippen LogP contribution in [-0.2, 0) is 11.3 Å². The monoisotopic (exact) mass is 311 g/mol. The van der Waals surface area contributed by atoms with Gasteiger partial charge in [0.05, 0.1) is 17.5 Å². The second kappa shape index (κ2) is 5.27. The molecule has 2 aromatic rings. The summed E-state index contributed by atoms with van der Waals surface area (Å²) < 4.78 is 4.20. The van der Waals surface area contributed by atoms with Crippen LogP contribution in [-0.4, -0.2) is 38.0 Å². The predicted molar refractivity (Wildman–Crippen MR) is 79.2 cm³/mol. The highest BCUT2D eigenvalue weighted by atomic mass is 35.5. The quantitative estimate of drug-likeness (QED) is 0.883. The molecule has 0 spiro atoms. The SMILES string of the molecule is Cc1cc(Cl)cc2c1nc1n2CCN(CCC(=O)O)S1. The van der Waals surface area contributed by atoms with Crippen LogP contribution >= 0.6 is 23.5 Å². The van der Waals surface area contributed by atoms with Crippen LogP contribution in [0.4, 0.5) is 0 Å². The van der Waals surface area contributed by atoms with Crippen LogP contribution in [0.25, 0.3) is 11.0 Å². The number of rotatable bonds is 3. The van der Waals surface area contributed by atoms with Crippen LogP contribution in [0.15, 0.2) is 17.3 Å². The Balaban J connectivity index is 1.91. The van der Waals surface area contributed by atoms with Crippen molar-refractivity contribution >= 4 is 40.6 Å². The van der Waals surface area contributed by atoms with Crippen LogP contribution in [0, 0.1) is 6.92 Å². The number of carbonyl (C=O) groups is 1. The van der Waals surface area contributed by atoms with Crippen LogP contribution < -0.4 is 0 Å². The number of aromatic nitrogens is 2. The Hall–Kier alpha value is -1.24. The number of imidazole rings is 1. The van der Waals surface area contributed by atoms with Gasteiger partial charge in [0.15, 0.2) is 5.16 Å². The van der Waals surface area contributed by atoms with Gasteiger partial charge >= 0.3 is 5.97 Å². The molecule has 106 valence electrons. The summed E-state index contributed by atoms with van der Waals surface area (Å²) in [6, 6.07) is 3.85. The van der Waals surface area contributed by atoms with Crippen molar-refractivity contribution < 1.29 is 9.90 Å². The van der Waals surface area contributed by atoms with E-state index in [-0.39, 0.29) is 6.42 Å². The first kappa shape index (κ1) is 13.7. The van der Waals surface area contributed by atoms with Crippen LogP contribution in [0.1, 0.15) is 12.0 Å². The number of fused-ring (bicyclic) bond motifs is 3. The molecule has 0 fully saturated rings. The van der Waals surface area contributed by atoms with Gasteiger partial charge < -0.3 is 9.67 Å². The van der Waals surface area contributed by atoms with Gasteiger partial charge in [-0.05, 0) is 36.6 Å². The molecular weight excluding hydrogens is 298 g/mol. The molecule has 0 bridgehead atoms. The van der Waals surface area contributed by atoms with E-state index in [1.807, 2.05) is 23.4 Å². The molecule has 1 aromatic carbocycles. The Morgan fingerprint density at radius 1 is 1.50 bits per heavy atom. The summed E-state index contributed by atoms with van der Waals surface area (Å²) in [4.78, 5) is 15.3. The molecule has 0 aliphatic carbocycles. The number of carboxylic acids is 1. The topological polar surface area (TPSA) is 58.4 Å². The minimum Gasteiger partial charge on any atom is -0.481 e. The van der Waals surface area contributed by atoms with E-state index < -0.39 is 5.97 Å². The lowest BCUT2D eigenvalue weighted by Crippen LogP contribution is -2.28. The van der Waals surface area contributed by atoms with Gasteiger partial charge in [-0.3, -0.25) is 4.79 Å². The maximum Gasteiger partial charge on any atom is 0.304 e. The highest BCUT2D eigenvalue weighted by Crippen LogP contribution is 2.33. The fourth-order valence-corrected chi connectivity index (χ4v) is 3.64. The Morgan fingerprint density at radius 3 is 3.05 bits per heavy atom. The van der Waals surface area contributed by atoms with Gasteiger partial charge in [0.1, 0.15) is 0 Å². The van der Waals surface area contributed by atoms with Crippen molar-refractivity contribution in [2.75, 3.05) is 13.1 Å². The normalized spacial score (nSPS) is 15.5. The molecule has 1 N–H and O–H groups in total. The molecule has 0 radical (unpaired) electrons. The van der Waals surface area contributed by atoms with E-state index in [0.29, 0.717) is 6.54 Å². The number of carboxylic acid groups (broad SMARTS) is 1. The third-order valence-electron chi connectivity index (χ3n) is 3.33. The Kier molecular flexibility index (Phi) is 3.62. The second-order valence-electron chi connectivity index (χ2n) is 4.80. The molecule has 2 heterocycles. The molecule has 1 aliphatic heterocycles. The number of aryl methyl sites for hydroxylation is 1. The van der Waals surface area contributed by atoms with Gasteiger partial charge in [-0.1, -0.05) is 11.6 Å². The van der Waals surface area contributed by atoms with Crippen molar-refractivity contribution in [1.82, 2.24) is 13.9 Å². The first-order chi connectivity index (χ1) is 9.54. The molecule has 1 aromatic heterocycles. The zero-order valence-electron chi connectivity index (χ0n) is 11.0.